The highest BCUT2D eigenvalue weighted by molar-refractivity contribution is 7.89. The Kier molecular flexibility index (Phi) is 5.61. The van der Waals surface area contributed by atoms with E-state index in [-0.39, 0.29) is 4.90 Å². The third-order valence-corrected chi connectivity index (χ3v) is 4.62. The number of esters is 1. The van der Waals surface area contributed by atoms with Crippen molar-refractivity contribution in [2.24, 2.45) is 0 Å². The van der Waals surface area contributed by atoms with Gasteiger partial charge in [-0.25, -0.2) is 17.9 Å². The van der Waals surface area contributed by atoms with Crippen molar-refractivity contribution in [1.29, 1.82) is 0 Å². The van der Waals surface area contributed by atoms with Crippen LogP contribution in [0.2, 0.25) is 0 Å². The number of nitrogens with one attached hydrogen (secondary N) is 1. The molecule has 0 heterocycles. The molecule has 0 spiro atoms. The summed E-state index contributed by atoms with van der Waals surface area (Å²) in [6, 6.07) is 5.06. The molecule has 1 atom stereocenters. The number of aryl methyl sites for hydroxylation is 2. The number of hydrogen-bond donors (Lipinski definition) is 2. The largest absolute Gasteiger partial charge is 0.458 e. The van der Waals surface area contributed by atoms with Crippen LogP contribution in [0.25, 0.3) is 0 Å². The number of carbonyl (C=O) groups is 1. The van der Waals surface area contributed by atoms with Gasteiger partial charge in [-0.3, -0.25) is 0 Å². The van der Waals surface area contributed by atoms with Crippen LogP contribution in [0.5, 0.6) is 0 Å². The summed E-state index contributed by atoms with van der Waals surface area (Å²) in [5.74, 6) is -0.881. The van der Waals surface area contributed by atoms with Crippen LogP contribution in [0.4, 0.5) is 0 Å². The first-order chi connectivity index (χ1) is 10.2. The van der Waals surface area contributed by atoms with Gasteiger partial charge in [0, 0.05) is 0 Å². The van der Waals surface area contributed by atoms with Gasteiger partial charge in [0.2, 0.25) is 10.0 Å². The summed E-state index contributed by atoms with van der Waals surface area (Å²) in [5.41, 5.74) is -1.35. The highest BCUT2D eigenvalue weighted by atomic mass is 32.2. The molecule has 0 aliphatic rings. The number of aliphatic hydroxyl groups is 1. The van der Waals surface area contributed by atoms with Crippen molar-refractivity contribution >= 4 is 16.0 Å². The van der Waals surface area contributed by atoms with E-state index in [0.717, 1.165) is 5.56 Å². The summed E-state index contributed by atoms with van der Waals surface area (Å²) in [5, 5.41) is 10.2. The van der Waals surface area contributed by atoms with E-state index in [4.69, 9.17) is 4.74 Å². The number of carbonyl (C=O) groups excluding carboxylic acids is 1. The molecule has 1 unspecified atom stereocenters. The molecular formula is C16H25NO5S. The predicted molar refractivity (Wildman–Crippen MR) is 87.6 cm³/mol. The quantitative estimate of drug-likeness (QED) is 0.794. The second-order valence-corrected chi connectivity index (χ2v) is 8.60. The van der Waals surface area contributed by atoms with Gasteiger partial charge in [-0.1, -0.05) is 12.1 Å². The number of benzene rings is 1. The third kappa shape index (κ3) is 5.60. The zero-order chi connectivity index (χ0) is 18.1. The monoisotopic (exact) mass is 343 g/mol. The van der Waals surface area contributed by atoms with Gasteiger partial charge in [-0.2, -0.15) is 0 Å². The molecule has 6 nitrogen and oxygen atoms in total. The zero-order valence-corrected chi connectivity index (χ0v) is 15.2. The van der Waals surface area contributed by atoms with E-state index in [2.05, 4.69) is 4.72 Å². The first kappa shape index (κ1) is 19.6. The molecule has 0 fully saturated rings. The Hall–Kier alpha value is -1.44. The van der Waals surface area contributed by atoms with E-state index >= 15 is 0 Å². The molecule has 0 amide bonds. The summed E-state index contributed by atoms with van der Waals surface area (Å²) in [4.78, 5) is 12.1. The minimum Gasteiger partial charge on any atom is -0.458 e. The molecule has 0 saturated heterocycles. The lowest BCUT2D eigenvalue weighted by atomic mass is 10.1. The predicted octanol–water partition coefficient (Wildman–Crippen LogP) is 1.67. The minimum atomic E-state index is -3.84. The Morgan fingerprint density at radius 3 is 2.30 bits per heavy atom. The number of hydrogen-bond acceptors (Lipinski definition) is 5. The van der Waals surface area contributed by atoms with E-state index in [0.29, 0.717) is 5.56 Å². The SMILES string of the molecule is Cc1ccc(C)c(S(=O)(=O)NCC(C)(O)C(=O)OC(C)(C)C)c1. The normalized spacial score (nSPS) is 15.1. The fourth-order valence-electron chi connectivity index (χ4n) is 1.77. The van der Waals surface area contributed by atoms with Crippen LogP contribution < -0.4 is 4.72 Å². The van der Waals surface area contributed by atoms with Crippen molar-refractivity contribution in [2.75, 3.05) is 6.54 Å². The number of rotatable bonds is 5. The fourth-order valence-corrected chi connectivity index (χ4v) is 3.23. The summed E-state index contributed by atoms with van der Waals surface area (Å²) < 4.78 is 32.1. The molecule has 23 heavy (non-hydrogen) atoms. The second kappa shape index (κ2) is 6.59. The summed E-state index contributed by atoms with van der Waals surface area (Å²) in [6.07, 6.45) is 0. The molecule has 0 aromatic heterocycles. The molecule has 0 bridgehead atoms. The van der Waals surface area contributed by atoms with E-state index in [1.165, 1.54) is 6.92 Å². The molecule has 1 aromatic carbocycles. The van der Waals surface area contributed by atoms with Gasteiger partial charge < -0.3 is 9.84 Å². The summed E-state index contributed by atoms with van der Waals surface area (Å²) in [6.45, 7) is 9.21. The van der Waals surface area contributed by atoms with Crippen LogP contribution in [-0.2, 0) is 19.6 Å². The van der Waals surface area contributed by atoms with Gasteiger partial charge in [-0.15, -0.1) is 0 Å². The topological polar surface area (TPSA) is 92.7 Å². The van der Waals surface area contributed by atoms with E-state index in [1.807, 2.05) is 6.07 Å². The maximum absolute atomic E-state index is 12.4. The lowest BCUT2D eigenvalue weighted by Gasteiger charge is -2.27. The summed E-state index contributed by atoms with van der Waals surface area (Å²) >= 11 is 0. The lowest BCUT2D eigenvalue weighted by Crippen LogP contribution is -2.49. The van der Waals surface area contributed by atoms with Gasteiger partial charge in [0.25, 0.3) is 0 Å². The molecule has 0 radical (unpaired) electrons. The van der Waals surface area contributed by atoms with Gasteiger partial charge in [0.05, 0.1) is 11.4 Å². The van der Waals surface area contributed by atoms with Crippen LogP contribution in [0, 0.1) is 13.8 Å². The average molecular weight is 343 g/mol. The van der Waals surface area contributed by atoms with Crippen LogP contribution in [-0.4, -0.2) is 37.2 Å². The first-order valence-electron chi connectivity index (χ1n) is 7.27. The van der Waals surface area contributed by atoms with Gasteiger partial charge >= 0.3 is 5.97 Å². The third-order valence-electron chi connectivity index (χ3n) is 3.08. The van der Waals surface area contributed by atoms with E-state index in [1.54, 1.807) is 46.8 Å². The molecule has 0 aliphatic carbocycles. The Labute approximate surface area is 137 Å². The van der Waals surface area contributed by atoms with Gasteiger partial charge in [0.15, 0.2) is 5.60 Å². The van der Waals surface area contributed by atoms with Gasteiger partial charge in [-0.05, 0) is 58.7 Å². The lowest BCUT2D eigenvalue weighted by molar-refractivity contribution is -0.174. The molecule has 1 rings (SSSR count). The average Bonchev–Trinajstić information content (AvgIpc) is 2.37. The van der Waals surface area contributed by atoms with Crippen LogP contribution >= 0.6 is 0 Å². The van der Waals surface area contributed by atoms with E-state index < -0.39 is 33.7 Å². The van der Waals surface area contributed by atoms with E-state index in [9.17, 15) is 18.3 Å². The van der Waals surface area contributed by atoms with Crippen molar-refractivity contribution < 1.29 is 23.1 Å². The van der Waals surface area contributed by atoms with Crippen molar-refractivity contribution in [2.45, 2.75) is 57.6 Å². The zero-order valence-electron chi connectivity index (χ0n) is 14.4. The highest BCUT2D eigenvalue weighted by Crippen LogP contribution is 2.18. The molecule has 2 N–H and O–H groups in total. The smallest absolute Gasteiger partial charge is 0.339 e. The standard InChI is InChI=1S/C16H25NO5S/c1-11-7-8-12(2)13(9-11)23(20,21)17-10-16(6,19)14(18)22-15(3,4)5/h7-9,17,19H,10H2,1-6H3. The highest BCUT2D eigenvalue weighted by Gasteiger charge is 2.36. The Balaban J connectivity index is 2.91. The minimum absolute atomic E-state index is 0.123. The second-order valence-electron chi connectivity index (χ2n) is 6.87. The molecule has 0 saturated carbocycles. The van der Waals surface area contributed by atoms with Crippen molar-refractivity contribution in [3.05, 3.63) is 29.3 Å². The Morgan fingerprint density at radius 1 is 1.22 bits per heavy atom. The number of sulfonamides is 1. The molecule has 7 heteroatoms. The van der Waals surface area contributed by atoms with Crippen LogP contribution in [0.15, 0.2) is 23.1 Å². The fraction of sp³-hybridized carbons (Fsp3) is 0.562. The molecule has 1 aromatic rings. The molecule has 0 aliphatic heterocycles. The van der Waals surface area contributed by atoms with Crippen molar-refractivity contribution in [1.82, 2.24) is 4.72 Å². The Bertz CT molecular complexity index is 687. The molecular weight excluding hydrogens is 318 g/mol. The molecule has 130 valence electrons. The maximum atomic E-state index is 12.4. The Morgan fingerprint density at radius 2 is 1.78 bits per heavy atom. The summed E-state index contributed by atoms with van der Waals surface area (Å²) in [7, 11) is -3.84. The van der Waals surface area contributed by atoms with Gasteiger partial charge in [0.1, 0.15) is 5.60 Å². The maximum Gasteiger partial charge on any atom is 0.339 e. The first-order valence-corrected chi connectivity index (χ1v) is 8.76. The van der Waals surface area contributed by atoms with Crippen LogP contribution in [0.1, 0.15) is 38.8 Å². The van der Waals surface area contributed by atoms with Crippen molar-refractivity contribution in [3.63, 3.8) is 0 Å². The number of ether oxygens (including phenoxy) is 1. The van der Waals surface area contributed by atoms with Crippen LogP contribution in [0.3, 0.4) is 0 Å². The van der Waals surface area contributed by atoms with Crippen molar-refractivity contribution in [3.8, 4) is 0 Å².